The van der Waals surface area contributed by atoms with Crippen LogP contribution in [0.2, 0.25) is 0 Å². The maximum atomic E-state index is 11.6. The number of hydrogen-bond acceptors (Lipinski definition) is 5. The standard InChI is InChI=1S/C8H16N2O5S/c1-6(2)15-16(13,14)10-4-3-9-7(5-10)8(11)12/h6-7,9H,3-5H2,1-2H3,(H,11,12). The van der Waals surface area contributed by atoms with Gasteiger partial charge in [-0.3, -0.25) is 8.98 Å². The van der Waals surface area contributed by atoms with E-state index in [0.29, 0.717) is 6.54 Å². The zero-order valence-electron chi connectivity index (χ0n) is 9.21. The summed E-state index contributed by atoms with van der Waals surface area (Å²) in [5.41, 5.74) is 0. The molecule has 1 aliphatic rings. The highest BCUT2D eigenvalue weighted by Crippen LogP contribution is 2.10. The molecule has 1 unspecified atom stereocenters. The van der Waals surface area contributed by atoms with E-state index in [2.05, 4.69) is 5.32 Å². The quantitative estimate of drug-likeness (QED) is 0.667. The third-order valence-electron chi connectivity index (χ3n) is 2.07. The van der Waals surface area contributed by atoms with Crippen molar-refractivity contribution in [1.82, 2.24) is 9.62 Å². The molecule has 8 heteroatoms. The van der Waals surface area contributed by atoms with E-state index >= 15 is 0 Å². The number of carboxylic acids is 1. The molecule has 0 radical (unpaired) electrons. The number of aliphatic carboxylic acids is 1. The fraction of sp³-hybridized carbons (Fsp3) is 0.875. The van der Waals surface area contributed by atoms with Gasteiger partial charge in [-0.2, -0.15) is 12.7 Å². The van der Waals surface area contributed by atoms with Crippen LogP contribution in [0, 0.1) is 0 Å². The predicted molar refractivity (Wildman–Crippen MR) is 56.1 cm³/mol. The van der Waals surface area contributed by atoms with Gasteiger partial charge in [0.25, 0.3) is 0 Å². The molecule has 0 aromatic carbocycles. The SMILES string of the molecule is CC(C)OS(=O)(=O)N1CCNC(C(=O)O)C1. The van der Waals surface area contributed by atoms with Gasteiger partial charge in [0, 0.05) is 19.6 Å². The highest BCUT2D eigenvalue weighted by atomic mass is 32.2. The van der Waals surface area contributed by atoms with Crippen LogP contribution in [0.15, 0.2) is 0 Å². The van der Waals surface area contributed by atoms with E-state index in [-0.39, 0.29) is 13.1 Å². The van der Waals surface area contributed by atoms with Crippen molar-refractivity contribution >= 4 is 16.3 Å². The molecular formula is C8H16N2O5S. The number of carboxylic acid groups (broad SMARTS) is 1. The zero-order chi connectivity index (χ0) is 12.3. The fourth-order valence-corrected chi connectivity index (χ4v) is 2.65. The van der Waals surface area contributed by atoms with Crippen LogP contribution < -0.4 is 5.32 Å². The lowest BCUT2D eigenvalue weighted by atomic mass is 10.2. The molecule has 16 heavy (non-hydrogen) atoms. The van der Waals surface area contributed by atoms with Crippen molar-refractivity contribution < 1.29 is 22.5 Å². The Balaban J connectivity index is 2.70. The summed E-state index contributed by atoms with van der Waals surface area (Å²) in [5.74, 6) is -1.07. The average molecular weight is 252 g/mol. The highest BCUT2D eigenvalue weighted by Gasteiger charge is 2.32. The van der Waals surface area contributed by atoms with Crippen LogP contribution in [0.25, 0.3) is 0 Å². The number of nitrogens with one attached hydrogen (secondary N) is 1. The number of piperazine rings is 1. The first-order valence-corrected chi connectivity index (χ1v) is 6.34. The molecule has 94 valence electrons. The van der Waals surface area contributed by atoms with Gasteiger partial charge in [-0.05, 0) is 13.8 Å². The van der Waals surface area contributed by atoms with E-state index in [1.807, 2.05) is 0 Å². The molecule has 1 atom stereocenters. The summed E-state index contributed by atoms with van der Waals surface area (Å²) < 4.78 is 29.1. The minimum absolute atomic E-state index is 0.107. The van der Waals surface area contributed by atoms with Gasteiger partial charge in [0.05, 0.1) is 6.10 Å². The number of carbonyl (C=O) groups is 1. The summed E-state index contributed by atoms with van der Waals surface area (Å²) in [6.07, 6.45) is -0.455. The Bertz CT molecular complexity index is 353. The highest BCUT2D eigenvalue weighted by molar-refractivity contribution is 7.84. The van der Waals surface area contributed by atoms with Crippen LogP contribution in [-0.2, 0) is 19.3 Å². The van der Waals surface area contributed by atoms with Crippen molar-refractivity contribution in [3.8, 4) is 0 Å². The van der Waals surface area contributed by atoms with Crippen LogP contribution in [0.1, 0.15) is 13.8 Å². The topological polar surface area (TPSA) is 95.9 Å². The van der Waals surface area contributed by atoms with Gasteiger partial charge >= 0.3 is 16.3 Å². The monoisotopic (exact) mass is 252 g/mol. The summed E-state index contributed by atoms with van der Waals surface area (Å²) in [6, 6.07) is -0.876. The van der Waals surface area contributed by atoms with Crippen molar-refractivity contribution in [2.75, 3.05) is 19.6 Å². The van der Waals surface area contributed by atoms with Crippen molar-refractivity contribution in [2.45, 2.75) is 26.0 Å². The first-order chi connectivity index (χ1) is 7.33. The average Bonchev–Trinajstić information content (AvgIpc) is 2.16. The molecule has 7 nitrogen and oxygen atoms in total. The first-order valence-electron chi connectivity index (χ1n) is 4.97. The zero-order valence-corrected chi connectivity index (χ0v) is 10.0. The number of hydrogen-bond donors (Lipinski definition) is 2. The van der Waals surface area contributed by atoms with Gasteiger partial charge in [0.15, 0.2) is 0 Å². The molecule has 1 rings (SSSR count). The normalized spacial score (nSPS) is 23.6. The maximum absolute atomic E-state index is 11.6. The van der Waals surface area contributed by atoms with E-state index in [9.17, 15) is 13.2 Å². The van der Waals surface area contributed by atoms with E-state index < -0.39 is 28.4 Å². The third-order valence-corrected chi connectivity index (χ3v) is 3.66. The van der Waals surface area contributed by atoms with Crippen LogP contribution in [-0.4, -0.2) is 55.6 Å². The smallest absolute Gasteiger partial charge is 0.338 e. The lowest BCUT2D eigenvalue weighted by Crippen LogP contribution is -2.56. The Morgan fingerprint density at radius 2 is 2.19 bits per heavy atom. The molecular weight excluding hydrogens is 236 g/mol. The molecule has 0 amide bonds. The molecule has 0 aliphatic carbocycles. The van der Waals surface area contributed by atoms with Gasteiger partial charge in [-0.1, -0.05) is 0 Å². The van der Waals surface area contributed by atoms with E-state index in [0.717, 1.165) is 4.31 Å². The Labute approximate surface area is 94.6 Å². The molecule has 1 saturated heterocycles. The van der Waals surface area contributed by atoms with Crippen molar-refractivity contribution in [3.63, 3.8) is 0 Å². The van der Waals surface area contributed by atoms with E-state index in [1.54, 1.807) is 13.8 Å². The molecule has 0 saturated carbocycles. The Hall–Kier alpha value is -0.700. The number of rotatable bonds is 4. The Morgan fingerprint density at radius 3 is 2.69 bits per heavy atom. The van der Waals surface area contributed by atoms with E-state index in [4.69, 9.17) is 9.29 Å². The van der Waals surface area contributed by atoms with Gasteiger partial charge in [0.1, 0.15) is 6.04 Å². The predicted octanol–water partition coefficient (Wildman–Crippen LogP) is -0.985. The number of nitrogens with zero attached hydrogens (tertiary/aromatic N) is 1. The molecule has 1 aliphatic heterocycles. The molecule has 2 N–H and O–H groups in total. The maximum Gasteiger partial charge on any atom is 0.338 e. The summed E-state index contributed by atoms with van der Waals surface area (Å²) >= 11 is 0. The fourth-order valence-electron chi connectivity index (χ4n) is 1.40. The van der Waals surface area contributed by atoms with Crippen LogP contribution in [0.3, 0.4) is 0 Å². The van der Waals surface area contributed by atoms with E-state index in [1.165, 1.54) is 0 Å². The molecule has 0 aromatic rings. The van der Waals surface area contributed by atoms with Gasteiger partial charge in [-0.25, -0.2) is 0 Å². The second-order valence-electron chi connectivity index (χ2n) is 3.81. The summed E-state index contributed by atoms with van der Waals surface area (Å²) in [7, 11) is -3.82. The second kappa shape index (κ2) is 5.09. The second-order valence-corrected chi connectivity index (χ2v) is 5.37. The van der Waals surface area contributed by atoms with Crippen LogP contribution >= 0.6 is 0 Å². The molecule has 0 aromatic heterocycles. The molecule has 0 spiro atoms. The van der Waals surface area contributed by atoms with Gasteiger partial charge in [0.2, 0.25) is 0 Å². The third kappa shape index (κ3) is 3.41. The minimum Gasteiger partial charge on any atom is -0.480 e. The molecule has 1 heterocycles. The summed E-state index contributed by atoms with van der Waals surface area (Å²) in [5, 5.41) is 11.5. The van der Waals surface area contributed by atoms with Crippen molar-refractivity contribution in [1.29, 1.82) is 0 Å². The van der Waals surface area contributed by atoms with Crippen LogP contribution in [0.4, 0.5) is 0 Å². The van der Waals surface area contributed by atoms with Crippen molar-refractivity contribution in [2.24, 2.45) is 0 Å². The minimum atomic E-state index is -3.82. The lowest BCUT2D eigenvalue weighted by Gasteiger charge is -2.30. The lowest BCUT2D eigenvalue weighted by molar-refractivity contribution is -0.140. The Morgan fingerprint density at radius 1 is 1.56 bits per heavy atom. The molecule has 1 fully saturated rings. The summed E-state index contributed by atoms with van der Waals surface area (Å²) in [4.78, 5) is 10.7. The molecule has 0 bridgehead atoms. The van der Waals surface area contributed by atoms with Crippen molar-refractivity contribution in [3.05, 3.63) is 0 Å². The summed E-state index contributed by atoms with van der Waals surface area (Å²) in [6.45, 7) is 3.63. The Kier molecular flexibility index (Phi) is 4.25. The van der Waals surface area contributed by atoms with Gasteiger partial charge in [-0.15, -0.1) is 0 Å². The first kappa shape index (κ1) is 13.4. The largest absolute Gasteiger partial charge is 0.480 e. The van der Waals surface area contributed by atoms with Gasteiger partial charge < -0.3 is 10.4 Å². The van der Waals surface area contributed by atoms with Crippen LogP contribution in [0.5, 0.6) is 0 Å².